The molecule has 4 nitrogen and oxygen atoms in total. The molecule has 0 aliphatic carbocycles. The van der Waals surface area contributed by atoms with Gasteiger partial charge in [-0.2, -0.15) is 0 Å². The second kappa shape index (κ2) is 8.13. The Bertz CT molecular complexity index is 532. The molecule has 2 N–H and O–H groups in total. The molecule has 1 unspecified atom stereocenters. The van der Waals surface area contributed by atoms with E-state index in [1.54, 1.807) is 0 Å². The first-order chi connectivity index (χ1) is 10.9. The van der Waals surface area contributed by atoms with Crippen LogP contribution in [0.5, 0.6) is 0 Å². The fourth-order valence-electron chi connectivity index (χ4n) is 3.15. The molecule has 1 aromatic carbocycles. The van der Waals surface area contributed by atoms with Crippen LogP contribution in [0.2, 0.25) is 5.02 Å². The van der Waals surface area contributed by atoms with E-state index in [1.807, 2.05) is 38.1 Å². The number of aliphatic hydroxyl groups excluding tert-OH is 1. The highest BCUT2D eigenvalue weighted by Gasteiger charge is 2.31. The molecule has 0 bridgehead atoms. The van der Waals surface area contributed by atoms with Crippen molar-refractivity contribution in [2.45, 2.75) is 44.6 Å². The van der Waals surface area contributed by atoms with Crippen molar-refractivity contribution in [1.82, 2.24) is 10.2 Å². The van der Waals surface area contributed by atoms with E-state index in [1.165, 1.54) is 12.8 Å². The molecule has 2 rings (SSSR count). The molecule has 1 aliphatic heterocycles. The summed E-state index contributed by atoms with van der Waals surface area (Å²) in [5.74, 6) is 0.00860. The number of piperidine rings is 1. The van der Waals surface area contributed by atoms with Crippen molar-refractivity contribution in [3.8, 4) is 0 Å². The van der Waals surface area contributed by atoms with E-state index in [0.29, 0.717) is 24.2 Å². The van der Waals surface area contributed by atoms with Crippen molar-refractivity contribution < 1.29 is 9.90 Å². The van der Waals surface area contributed by atoms with E-state index in [-0.39, 0.29) is 12.5 Å². The lowest BCUT2D eigenvalue weighted by Crippen LogP contribution is -2.50. The van der Waals surface area contributed by atoms with Gasteiger partial charge in [0.1, 0.15) is 0 Å². The number of likely N-dealkylation sites (tertiary alicyclic amines) is 1. The molecule has 1 heterocycles. The van der Waals surface area contributed by atoms with Gasteiger partial charge in [0, 0.05) is 24.2 Å². The van der Waals surface area contributed by atoms with Crippen LogP contribution in [0.15, 0.2) is 24.3 Å². The zero-order chi connectivity index (χ0) is 16.9. The van der Waals surface area contributed by atoms with Crippen molar-refractivity contribution >= 4 is 17.5 Å². The number of halogens is 1. The molecule has 1 atom stereocenters. The van der Waals surface area contributed by atoms with Gasteiger partial charge in [0.15, 0.2) is 0 Å². The summed E-state index contributed by atoms with van der Waals surface area (Å²) in [4.78, 5) is 14.9. The Morgan fingerprint density at radius 1 is 1.43 bits per heavy atom. The first-order valence-electron chi connectivity index (χ1n) is 8.34. The normalized spacial score (nSPS) is 19.6. The van der Waals surface area contributed by atoms with Crippen molar-refractivity contribution in [3.63, 3.8) is 0 Å². The molecule has 0 radical (unpaired) electrons. The highest BCUT2D eigenvalue weighted by Crippen LogP contribution is 2.26. The molecular weight excluding hydrogens is 312 g/mol. The predicted octanol–water partition coefficient (Wildman–Crippen LogP) is 2.58. The Morgan fingerprint density at radius 3 is 2.91 bits per heavy atom. The van der Waals surface area contributed by atoms with Gasteiger partial charge in [-0.05, 0) is 50.9 Å². The van der Waals surface area contributed by atoms with Crippen LogP contribution >= 0.6 is 11.6 Å². The van der Waals surface area contributed by atoms with Crippen LogP contribution in [0.25, 0.3) is 0 Å². The van der Waals surface area contributed by atoms with Gasteiger partial charge < -0.3 is 10.4 Å². The monoisotopic (exact) mass is 338 g/mol. The minimum absolute atomic E-state index is 0.00860. The van der Waals surface area contributed by atoms with Crippen LogP contribution in [0.1, 0.15) is 38.7 Å². The van der Waals surface area contributed by atoms with Crippen LogP contribution in [0.3, 0.4) is 0 Å². The van der Waals surface area contributed by atoms with Gasteiger partial charge in [-0.25, -0.2) is 0 Å². The molecule has 0 saturated carbocycles. The Balaban J connectivity index is 1.97. The van der Waals surface area contributed by atoms with Crippen molar-refractivity contribution in [2.24, 2.45) is 0 Å². The first kappa shape index (κ1) is 18.2. The van der Waals surface area contributed by atoms with Crippen LogP contribution in [0, 0.1) is 0 Å². The molecule has 1 fully saturated rings. The lowest BCUT2D eigenvalue weighted by molar-refractivity contribution is -0.126. The summed E-state index contributed by atoms with van der Waals surface area (Å²) in [5, 5.41) is 12.9. The zero-order valence-corrected chi connectivity index (χ0v) is 14.8. The molecule has 23 heavy (non-hydrogen) atoms. The standard InChI is InChI=1S/C18H27ClN2O2/c1-18(2,14-6-5-7-15(19)12-14)17(23)20-13-16-8-3-4-9-21(16)10-11-22/h5-7,12,16,22H,3-4,8-11,13H2,1-2H3,(H,20,23). The Kier molecular flexibility index (Phi) is 6.45. The summed E-state index contributed by atoms with van der Waals surface area (Å²) in [6.45, 7) is 6.30. The number of nitrogens with one attached hydrogen (secondary N) is 1. The van der Waals surface area contributed by atoms with E-state index in [4.69, 9.17) is 11.6 Å². The maximum Gasteiger partial charge on any atom is 0.230 e. The number of benzene rings is 1. The van der Waals surface area contributed by atoms with Crippen LogP contribution in [-0.4, -0.2) is 48.2 Å². The third-order valence-electron chi connectivity index (χ3n) is 4.75. The minimum atomic E-state index is -0.624. The summed E-state index contributed by atoms with van der Waals surface area (Å²) < 4.78 is 0. The smallest absolute Gasteiger partial charge is 0.230 e. The molecule has 1 aliphatic rings. The fraction of sp³-hybridized carbons (Fsp3) is 0.611. The van der Waals surface area contributed by atoms with E-state index in [2.05, 4.69) is 10.2 Å². The predicted molar refractivity (Wildman–Crippen MR) is 93.8 cm³/mol. The summed E-state index contributed by atoms with van der Waals surface area (Å²) >= 11 is 6.05. The van der Waals surface area contributed by atoms with Crippen LogP contribution < -0.4 is 5.32 Å². The average Bonchev–Trinajstić information content (AvgIpc) is 2.54. The zero-order valence-electron chi connectivity index (χ0n) is 14.0. The number of carbonyl (C=O) groups excluding carboxylic acids is 1. The SMILES string of the molecule is CC(C)(C(=O)NCC1CCCCN1CCO)c1cccc(Cl)c1. The third-order valence-corrected chi connectivity index (χ3v) is 4.98. The Hall–Kier alpha value is -1.10. The molecule has 1 aromatic rings. The molecule has 128 valence electrons. The van der Waals surface area contributed by atoms with Gasteiger partial charge >= 0.3 is 0 Å². The van der Waals surface area contributed by atoms with Gasteiger partial charge in [-0.15, -0.1) is 0 Å². The number of β-amino-alcohol motifs (C(OH)–C–C–N with tert-alkyl or cyclic N) is 1. The van der Waals surface area contributed by atoms with Gasteiger partial charge in [0.2, 0.25) is 5.91 Å². The quantitative estimate of drug-likeness (QED) is 0.838. The number of aliphatic hydroxyl groups is 1. The molecule has 5 heteroatoms. The van der Waals surface area contributed by atoms with Gasteiger partial charge in [-0.1, -0.05) is 30.2 Å². The third kappa shape index (κ3) is 4.69. The lowest BCUT2D eigenvalue weighted by Gasteiger charge is -2.36. The lowest BCUT2D eigenvalue weighted by atomic mass is 9.83. The summed E-state index contributed by atoms with van der Waals surface area (Å²) in [5.41, 5.74) is 0.292. The summed E-state index contributed by atoms with van der Waals surface area (Å²) in [6, 6.07) is 7.78. The highest BCUT2D eigenvalue weighted by atomic mass is 35.5. The number of amides is 1. The maximum absolute atomic E-state index is 12.7. The Morgan fingerprint density at radius 2 is 2.22 bits per heavy atom. The van der Waals surface area contributed by atoms with Crippen LogP contribution in [0.4, 0.5) is 0 Å². The van der Waals surface area contributed by atoms with Crippen LogP contribution in [-0.2, 0) is 10.2 Å². The highest BCUT2D eigenvalue weighted by molar-refractivity contribution is 6.30. The molecule has 0 spiro atoms. The van der Waals surface area contributed by atoms with Crippen molar-refractivity contribution in [3.05, 3.63) is 34.9 Å². The number of rotatable bonds is 6. The minimum Gasteiger partial charge on any atom is -0.395 e. The first-order valence-corrected chi connectivity index (χ1v) is 8.72. The summed E-state index contributed by atoms with van der Waals surface area (Å²) in [6.07, 6.45) is 3.41. The van der Waals surface area contributed by atoms with E-state index < -0.39 is 5.41 Å². The largest absolute Gasteiger partial charge is 0.395 e. The molecule has 0 aromatic heterocycles. The Labute approximate surface area is 143 Å². The number of carbonyl (C=O) groups is 1. The number of hydrogen-bond donors (Lipinski definition) is 2. The van der Waals surface area contributed by atoms with Gasteiger partial charge in [0.05, 0.1) is 12.0 Å². The second-order valence-corrected chi connectivity index (χ2v) is 7.19. The fourth-order valence-corrected chi connectivity index (χ4v) is 3.34. The molecule has 1 amide bonds. The van der Waals surface area contributed by atoms with E-state index in [9.17, 15) is 9.90 Å². The molecule has 1 saturated heterocycles. The summed E-state index contributed by atoms with van der Waals surface area (Å²) in [7, 11) is 0. The van der Waals surface area contributed by atoms with Crippen molar-refractivity contribution in [1.29, 1.82) is 0 Å². The van der Waals surface area contributed by atoms with Gasteiger partial charge in [0.25, 0.3) is 0 Å². The molecular formula is C18H27ClN2O2. The van der Waals surface area contributed by atoms with Crippen molar-refractivity contribution in [2.75, 3.05) is 26.2 Å². The number of hydrogen-bond acceptors (Lipinski definition) is 3. The topological polar surface area (TPSA) is 52.6 Å². The maximum atomic E-state index is 12.7. The van der Waals surface area contributed by atoms with E-state index in [0.717, 1.165) is 18.5 Å². The number of nitrogens with zero attached hydrogens (tertiary/aromatic N) is 1. The second-order valence-electron chi connectivity index (χ2n) is 6.75. The van der Waals surface area contributed by atoms with Gasteiger partial charge in [-0.3, -0.25) is 9.69 Å². The van der Waals surface area contributed by atoms with E-state index >= 15 is 0 Å². The average molecular weight is 339 g/mol.